The number of rotatable bonds is 6. The van der Waals surface area contributed by atoms with Crippen LogP contribution in [0.25, 0.3) is 0 Å². The van der Waals surface area contributed by atoms with E-state index < -0.39 is 10.0 Å². The first-order chi connectivity index (χ1) is 10.5. The molecular weight excluding hydrogens is 298 g/mol. The molecule has 4 nitrogen and oxygen atoms in total. The molecule has 1 aliphatic heterocycles. The topological polar surface area (TPSA) is 55.4 Å². The number of aryl methyl sites for hydroxylation is 1. The summed E-state index contributed by atoms with van der Waals surface area (Å²) >= 11 is 0. The van der Waals surface area contributed by atoms with Crippen molar-refractivity contribution in [2.75, 3.05) is 5.75 Å². The van der Waals surface area contributed by atoms with Crippen molar-refractivity contribution in [2.45, 2.75) is 63.7 Å². The van der Waals surface area contributed by atoms with Crippen molar-refractivity contribution in [1.82, 2.24) is 4.72 Å². The first kappa shape index (κ1) is 16.0. The summed E-state index contributed by atoms with van der Waals surface area (Å²) in [6, 6.07) is 8.06. The van der Waals surface area contributed by atoms with E-state index in [9.17, 15) is 8.42 Å². The quantitative estimate of drug-likeness (QED) is 0.876. The molecule has 1 saturated carbocycles. The molecule has 0 aromatic heterocycles. The van der Waals surface area contributed by atoms with Crippen molar-refractivity contribution < 1.29 is 13.2 Å². The largest absolute Gasteiger partial charge is 0.371 e. The van der Waals surface area contributed by atoms with E-state index in [0.29, 0.717) is 6.54 Å². The predicted molar refractivity (Wildman–Crippen MR) is 87.1 cm³/mol. The average molecular weight is 323 g/mol. The van der Waals surface area contributed by atoms with Crippen molar-refractivity contribution in [1.29, 1.82) is 0 Å². The van der Waals surface area contributed by atoms with Gasteiger partial charge in [0.25, 0.3) is 0 Å². The molecule has 1 saturated heterocycles. The monoisotopic (exact) mass is 323 g/mol. The Hall–Kier alpha value is -0.910. The molecule has 1 aromatic carbocycles. The molecular formula is C17H25NO3S. The summed E-state index contributed by atoms with van der Waals surface area (Å²) in [7, 11) is -3.29. The number of hydrogen-bond acceptors (Lipinski definition) is 3. The third-order valence-corrected chi connectivity index (χ3v) is 6.33. The smallest absolute Gasteiger partial charge is 0.214 e. The summed E-state index contributed by atoms with van der Waals surface area (Å²) in [5, 5.41) is 0. The van der Waals surface area contributed by atoms with Crippen molar-refractivity contribution in [3.63, 3.8) is 0 Å². The number of hydrogen-bond donors (Lipinski definition) is 1. The Kier molecular flexibility index (Phi) is 4.57. The van der Waals surface area contributed by atoms with Crippen LogP contribution in [0.2, 0.25) is 0 Å². The minimum Gasteiger partial charge on any atom is -0.371 e. The fourth-order valence-corrected chi connectivity index (χ4v) is 4.57. The van der Waals surface area contributed by atoms with Gasteiger partial charge < -0.3 is 4.74 Å². The van der Waals surface area contributed by atoms with Crippen LogP contribution < -0.4 is 4.72 Å². The zero-order valence-corrected chi connectivity index (χ0v) is 14.0. The third kappa shape index (κ3) is 3.70. The van der Waals surface area contributed by atoms with Crippen LogP contribution in [-0.4, -0.2) is 25.9 Å². The van der Waals surface area contributed by atoms with Gasteiger partial charge in [-0.25, -0.2) is 13.1 Å². The van der Waals surface area contributed by atoms with E-state index >= 15 is 0 Å². The highest BCUT2D eigenvalue weighted by Gasteiger charge is 2.45. The molecule has 0 bridgehead atoms. The van der Waals surface area contributed by atoms with Gasteiger partial charge in [-0.05, 0) is 49.7 Å². The van der Waals surface area contributed by atoms with Crippen molar-refractivity contribution in [3.05, 3.63) is 35.4 Å². The zero-order valence-electron chi connectivity index (χ0n) is 13.2. The van der Waals surface area contributed by atoms with E-state index in [1.165, 1.54) is 12.0 Å². The molecule has 122 valence electrons. The standard InChI is InChI=1S/C17H25NO3S/c1-2-14-4-6-15(7-5-14)12-18-22(19,20)13-16-8-11-17(21-16)9-3-10-17/h4-7,16,18H,2-3,8-13H2,1H3. The summed E-state index contributed by atoms with van der Waals surface area (Å²) in [6.45, 7) is 2.46. The molecule has 22 heavy (non-hydrogen) atoms. The molecule has 1 unspecified atom stereocenters. The molecule has 1 spiro atoms. The van der Waals surface area contributed by atoms with Gasteiger partial charge in [0.15, 0.2) is 0 Å². The second kappa shape index (κ2) is 6.30. The van der Waals surface area contributed by atoms with E-state index in [-0.39, 0.29) is 17.5 Å². The van der Waals surface area contributed by atoms with E-state index in [2.05, 4.69) is 11.6 Å². The Labute approximate surface area is 133 Å². The fraction of sp³-hybridized carbons (Fsp3) is 0.647. The van der Waals surface area contributed by atoms with Crippen LogP contribution in [0, 0.1) is 0 Å². The van der Waals surface area contributed by atoms with Gasteiger partial charge in [-0.1, -0.05) is 31.2 Å². The van der Waals surface area contributed by atoms with Crippen molar-refractivity contribution >= 4 is 10.0 Å². The van der Waals surface area contributed by atoms with Gasteiger partial charge >= 0.3 is 0 Å². The van der Waals surface area contributed by atoms with Crippen LogP contribution in [0.4, 0.5) is 0 Å². The molecule has 1 heterocycles. The summed E-state index contributed by atoms with van der Waals surface area (Å²) in [5.41, 5.74) is 2.27. The van der Waals surface area contributed by atoms with Gasteiger partial charge in [-0.2, -0.15) is 0 Å². The summed E-state index contributed by atoms with van der Waals surface area (Å²) in [5.74, 6) is 0.0851. The molecule has 1 atom stereocenters. The lowest BCUT2D eigenvalue weighted by Crippen LogP contribution is -2.39. The van der Waals surface area contributed by atoms with Gasteiger partial charge in [0, 0.05) is 6.54 Å². The minimum absolute atomic E-state index is 0.0240. The van der Waals surface area contributed by atoms with E-state index in [4.69, 9.17) is 4.74 Å². The zero-order chi connectivity index (χ0) is 15.6. The van der Waals surface area contributed by atoms with E-state index in [0.717, 1.165) is 37.7 Å². The molecule has 2 fully saturated rings. The maximum absolute atomic E-state index is 12.2. The van der Waals surface area contributed by atoms with Crippen LogP contribution in [0.5, 0.6) is 0 Å². The Bertz CT molecular complexity index is 605. The molecule has 0 amide bonds. The number of ether oxygens (including phenoxy) is 1. The fourth-order valence-electron chi connectivity index (χ4n) is 3.34. The molecule has 3 rings (SSSR count). The highest BCUT2D eigenvalue weighted by molar-refractivity contribution is 7.89. The maximum Gasteiger partial charge on any atom is 0.214 e. The Morgan fingerprint density at radius 1 is 1.18 bits per heavy atom. The molecule has 5 heteroatoms. The highest BCUT2D eigenvalue weighted by Crippen LogP contribution is 2.45. The van der Waals surface area contributed by atoms with Gasteiger partial charge in [-0.15, -0.1) is 0 Å². The minimum atomic E-state index is -3.29. The molecule has 1 N–H and O–H groups in total. The van der Waals surface area contributed by atoms with Gasteiger partial charge in [0.05, 0.1) is 17.5 Å². The molecule has 0 radical (unpaired) electrons. The average Bonchev–Trinajstić information content (AvgIpc) is 2.89. The lowest BCUT2D eigenvalue weighted by molar-refractivity contribution is -0.0842. The van der Waals surface area contributed by atoms with Crippen LogP contribution in [0.3, 0.4) is 0 Å². The van der Waals surface area contributed by atoms with Crippen LogP contribution in [0.1, 0.15) is 50.2 Å². The van der Waals surface area contributed by atoms with Gasteiger partial charge in [-0.3, -0.25) is 0 Å². The Morgan fingerprint density at radius 3 is 2.41 bits per heavy atom. The first-order valence-electron chi connectivity index (χ1n) is 8.23. The van der Waals surface area contributed by atoms with Crippen LogP contribution in [0.15, 0.2) is 24.3 Å². The lowest BCUT2D eigenvalue weighted by Gasteiger charge is -2.37. The van der Waals surface area contributed by atoms with E-state index in [1.807, 2.05) is 24.3 Å². The molecule has 1 aliphatic carbocycles. The second-order valence-electron chi connectivity index (χ2n) is 6.59. The number of sulfonamides is 1. The summed E-state index contributed by atoms with van der Waals surface area (Å²) in [6.07, 6.45) is 6.15. The molecule has 1 aromatic rings. The lowest BCUT2D eigenvalue weighted by atomic mass is 9.78. The van der Waals surface area contributed by atoms with Crippen LogP contribution >= 0.6 is 0 Å². The van der Waals surface area contributed by atoms with Crippen molar-refractivity contribution in [3.8, 4) is 0 Å². The third-order valence-electron chi connectivity index (χ3n) is 4.94. The Balaban J connectivity index is 1.50. The SMILES string of the molecule is CCc1ccc(CNS(=O)(=O)CC2CCC3(CCC3)O2)cc1. The maximum atomic E-state index is 12.2. The predicted octanol–water partition coefficient (Wildman–Crippen LogP) is 2.77. The van der Waals surface area contributed by atoms with Crippen molar-refractivity contribution in [2.24, 2.45) is 0 Å². The second-order valence-corrected chi connectivity index (χ2v) is 8.44. The summed E-state index contributed by atoms with van der Waals surface area (Å²) in [4.78, 5) is 0. The normalized spacial score (nSPS) is 23.6. The summed E-state index contributed by atoms with van der Waals surface area (Å²) < 4.78 is 33.1. The van der Waals surface area contributed by atoms with Crippen LogP contribution in [-0.2, 0) is 27.7 Å². The van der Waals surface area contributed by atoms with E-state index in [1.54, 1.807) is 0 Å². The Morgan fingerprint density at radius 2 is 1.86 bits per heavy atom. The molecule has 2 aliphatic rings. The number of benzene rings is 1. The highest BCUT2D eigenvalue weighted by atomic mass is 32.2. The van der Waals surface area contributed by atoms with Gasteiger partial charge in [0.2, 0.25) is 10.0 Å². The van der Waals surface area contributed by atoms with Gasteiger partial charge in [0.1, 0.15) is 0 Å². The number of nitrogens with one attached hydrogen (secondary N) is 1. The first-order valence-corrected chi connectivity index (χ1v) is 9.88.